The molecule has 0 atom stereocenters. The Bertz CT molecular complexity index is 806. The van der Waals surface area contributed by atoms with Crippen LogP contribution in [-0.2, 0) is 25.3 Å². The summed E-state index contributed by atoms with van der Waals surface area (Å²) in [5.41, 5.74) is 6.27. The molecule has 2 aromatic heterocycles. The highest BCUT2D eigenvalue weighted by molar-refractivity contribution is 5.74. The minimum Gasteiger partial charge on any atom is -0.268 e. The van der Waals surface area contributed by atoms with Gasteiger partial charge in [-0.1, -0.05) is 27.2 Å². The van der Waals surface area contributed by atoms with E-state index in [1.54, 1.807) is 0 Å². The first-order chi connectivity index (χ1) is 12.1. The molecule has 25 heavy (non-hydrogen) atoms. The lowest BCUT2D eigenvalue weighted by molar-refractivity contribution is 0.423. The Hall–Kier alpha value is -2.15. The normalized spacial score (nSPS) is 14.7. The zero-order valence-corrected chi connectivity index (χ0v) is 15.9. The van der Waals surface area contributed by atoms with Crippen LogP contribution in [0, 0.1) is 11.3 Å². The van der Waals surface area contributed by atoms with Crippen LogP contribution < -0.4 is 0 Å². The minimum atomic E-state index is -0.0697. The SMILES string of the molecule is CCC(C)(CC)c1nc2c(c(-c3ccnn3C)c1C#N)CCCCC2. The number of nitrogens with zero attached hydrogens (tertiary/aromatic N) is 4. The molecule has 1 aliphatic rings. The Morgan fingerprint density at radius 3 is 2.52 bits per heavy atom. The first kappa shape index (κ1) is 17.7. The molecule has 2 heterocycles. The van der Waals surface area contributed by atoms with Crippen LogP contribution in [0.15, 0.2) is 12.3 Å². The number of nitriles is 1. The second-order valence-corrected chi connectivity index (χ2v) is 7.42. The van der Waals surface area contributed by atoms with E-state index < -0.39 is 0 Å². The van der Waals surface area contributed by atoms with Crippen molar-refractivity contribution in [1.29, 1.82) is 5.26 Å². The predicted molar refractivity (Wildman–Crippen MR) is 100 cm³/mol. The molecule has 3 rings (SSSR count). The van der Waals surface area contributed by atoms with Crippen LogP contribution in [-0.4, -0.2) is 14.8 Å². The fourth-order valence-electron chi connectivity index (χ4n) is 3.95. The van der Waals surface area contributed by atoms with Gasteiger partial charge in [0, 0.05) is 29.9 Å². The van der Waals surface area contributed by atoms with Gasteiger partial charge in [-0.15, -0.1) is 0 Å². The summed E-state index contributed by atoms with van der Waals surface area (Å²) in [5.74, 6) is 0. The highest BCUT2D eigenvalue weighted by Gasteiger charge is 2.32. The summed E-state index contributed by atoms with van der Waals surface area (Å²) in [4.78, 5) is 5.11. The fourth-order valence-corrected chi connectivity index (χ4v) is 3.95. The van der Waals surface area contributed by atoms with Crippen LogP contribution in [0.5, 0.6) is 0 Å². The molecule has 0 unspecified atom stereocenters. The Morgan fingerprint density at radius 1 is 1.20 bits per heavy atom. The molecule has 0 radical (unpaired) electrons. The summed E-state index contributed by atoms with van der Waals surface area (Å²) < 4.78 is 1.89. The second-order valence-electron chi connectivity index (χ2n) is 7.42. The maximum Gasteiger partial charge on any atom is 0.102 e. The lowest BCUT2D eigenvalue weighted by Crippen LogP contribution is -2.25. The molecule has 4 heteroatoms. The fraction of sp³-hybridized carbons (Fsp3) is 0.571. The number of aromatic nitrogens is 3. The third-order valence-electron chi connectivity index (χ3n) is 6.05. The van der Waals surface area contributed by atoms with Crippen molar-refractivity contribution in [3.8, 4) is 17.3 Å². The third kappa shape index (κ3) is 2.97. The van der Waals surface area contributed by atoms with Gasteiger partial charge in [0.2, 0.25) is 0 Å². The molecule has 1 aliphatic carbocycles. The monoisotopic (exact) mass is 336 g/mol. The smallest absolute Gasteiger partial charge is 0.102 e. The van der Waals surface area contributed by atoms with Gasteiger partial charge in [-0.25, -0.2) is 0 Å². The van der Waals surface area contributed by atoms with E-state index in [1.807, 2.05) is 24.0 Å². The number of aryl methyl sites for hydroxylation is 2. The Kier molecular flexibility index (Phi) is 4.94. The minimum absolute atomic E-state index is 0.0697. The summed E-state index contributed by atoms with van der Waals surface area (Å²) in [6, 6.07) is 4.55. The second kappa shape index (κ2) is 7.00. The maximum absolute atomic E-state index is 10.1. The maximum atomic E-state index is 10.1. The van der Waals surface area contributed by atoms with Crippen molar-refractivity contribution in [1.82, 2.24) is 14.8 Å². The molecule has 0 spiro atoms. The average Bonchev–Trinajstić information content (AvgIpc) is 2.91. The Labute approximate surface area is 150 Å². The first-order valence-electron chi connectivity index (χ1n) is 9.50. The summed E-state index contributed by atoms with van der Waals surface area (Å²) in [5, 5.41) is 14.5. The van der Waals surface area contributed by atoms with Crippen LogP contribution >= 0.6 is 0 Å². The molecule has 0 N–H and O–H groups in total. The third-order valence-corrected chi connectivity index (χ3v) is 6.05. The van der Waals surface area contributed by atoms with Crippen molar-refractivity contribution < 1.29 is 0 Å². The van der Waals surface area contributed by atoms with Gasteiger partial charge in [0.25, 0.3) is 0 Å². The zero-order valence-electron chi connectivity index (χ0n) is 15.9. The molecule has 0 amide bonds. The van der Waals surface area contributed by atoms with Gasteiger partial charge >= 0.3 is 0 Å². The van der Waals surface area contributed by atoms with E-state index in [0.29, 0.717) is 0 Å². The molecular formula is C21H28N4. The van der Waals surface area contributed by atoms with Gasteiger partial charge in [-0.3, -0.25) is 9.67 Å². The molecule has 2 aromatic rings. The highest BCUT2D eigenvalue weighted by atomic mass is 15.3. The molecule has 4 nitrogen and oxygen atoms in total. The number of pyridine rings is 1. The van der Waals surface area contributed by atoms with E-state index >= 15 is 0 Å². The largest absolute Gasteiger partial charge is 0.268 e. The van der Waals surface area contributed by atoms with Crippen molar-refractivity contribution in [2.24, 2.45) is 7.05 Å². The van der Waals surface area contributed by atoms with Crippen molar-refractivity contribution in [3.05, 3.63) is 34.8 Å². The van der Waals surface area contributed by atoms with Gasteiger partial charge in [-0.2, -0.15) is 10.4 Å². The van der Waals surface area contributed by atoms with Gasteiger partial charge < -0.3 is 0 Å². The predicted octanol–water partition coefficient (Wildman–Crippen LogP) is 4.70. The van der Waals surface area contributed by atoms with E-state index in [-0.39, 0.29) is 5.41 Å². The summed E-state index contributed by atoms with van der Waals surface area (Å²) in [6.07, 6.45) is 9.39. The van der Waals surface area contributed by atoms with Crippen LogP contribution in [0.2, 0.25) is 0 Å². The van der Waals surface area contributed by atoms with Crippen molar-refractivity contribution >= 4 is 0 Å². The standard InChI is InChI=1S/C21H28N4/c1-5-21(3,6-2)20-16(14-22)19(18-12-13-23-25(18)4)15-10-8-7-9-11-17(15)24-20/h12-13H,5-11H2,1-4H3. The summed E-state index contributed by atoms with van der Waals surface area (Å²) in [6.45, 7) is 6.63. The van der Waals surface area contributed by atoms with E-state index in [2.05, 4.69) is 31.9 Å². The Balaban J connectivity index is 2.38. The van der Waals surface area contributed by atoms with Crippen molar-refractivity contribution in [2.45, 2.75) is 71.1 Å². The van der Waals surface area contributed by atoms with Gasteiger partial charge in [0.1, 0.15) is 6.07 Å². The average molecular weight is 336 g/mol. The van der Waals surface area contributed by atoms with Crippen molar-refractivity contribution in [2.75, 3.05) is 0 Å². The molecule has 0 saturated heterocycles. The summed E-state index contributed by atoms with van der Waals surface area (Å²) >= 11 is 0. The lowest BCUT2D eigenvalue weighted by atomic mass is 9.77. The quantitative estimate of drug-likeness (QED) is 0.760. The van der Waals surface area contributed by atoms with Gasteiger partial charge in [0.05, 0.1) is 17.0 Å². The zero-order chi connectivity index (χ0) is 18.0. The molecule has 0 aliphatic heterocycles. The van der Waals surface area contributed by atoms with Crippen molar-refractivity contribution in [3.63, 3.8) is 0 Å². The van der Waals surface area contributed by atoms with Crippen LogP contribution in [0.1, 0.15) is 75.4 Å². The number of hydrogen-bond acceptors (Lipinski definition) is 3. The molecular weight excluding hydrogens is 308 g/mol. The van der Waals surface area contributed by atoms with Crippen LogP contribution in [0.25, 0.3) is 11.3 Å². The van der Waals surface area contributed by atoms with E-state index in [0.717, 1.165) is 48.2 Å². The lowest BCUT2D eigenvalue weighted by Gasteiger charge is -2.29. The van der Waals surface area contributed by atoms with Crippen LogP contribution in [0.3, 0.4) is 0 Å². The number of rotatable bonds is 4. The van der Waals surface area contributed by atoms with Gasteiger partial charge in [0.15, 0.2) is 0 Å². The van der Waals surface area contributed by atoms with Crippen LogP contribution in [0.4, 0.5) is 0 Å². The number of fused-ring (bicyclic) bond motifs is 1. The molecule has 0 aromatic carbocycles. The highest BCUT2D eigenvalue weighted by Crippen LogP contribution is 2.40. The molecule has 0 fully saturated rings. The molecule has 0 bridgehead atoms. The van der Waals surface area contributed by atoms with E-state index in [4.69, 9.17) is 4.98 Å². The summed E-state index contributed by atoms with van der Waals surface area (Å²) in [7, 11) is 1.96. The van der Waals surface area contributed by atoms with Gasteiger partial charge in [-0.05, 0) is 50.2 Å². The Morgan fingerprint density at radius 2 is 1.92 bits per heavy atom. The molecule has 0 saturated carbocycles. The topological polar surface area (TPSA) is 54.5 Å². The number of hydrogen-bond donors (Lipinski definition) is 0. The molecule has 132 valence electrons. The van der Waals surface area contributed by atoms with E-state index in [1.165, 1.54) is 30.5 Å². The van der Waals surface area contributed by atoms with E-state index in [9.17, 15) is 5.26 Å². The first-order valence-corrected chi connectivity index (χ1v) is 9.50.